The molecule has 1 rings (SSSR count). The Morgan fingerprint density at radius 3 is 2.54 bits per heavy atom. The number of primary amides is 1. The van der Waals surface area contributed by atoms with Crippen LogP contribution in [0.15, 0.2) is 30.3 Å². The van der Waals surface area contributed by atoms with Crippen LogP contribution in [0, 0.1) is 0 Å². The molecule has 4 heteroatoms. The molecule has 0 heterocycles. The monoisotopic (exact) mass is 179 g/mol. The number of rotatable bonds is 4. The van der Waals surface area contributed by atoms with Crippen molar-refractivity contribution >= 4 is 11.7 Å². The maximum Gasteiger partial charge on any atom is 0.312 e. The van der Waals surface area contributed by atoms with Gasteiger partial charge in [0.25, 0.3) is 0 Å². The molecule has 0 saturated carbocycles. The summed E-state index contributed by atoms with van der Waals surface area (Å²) in [4.78, 5) is 10.3. The smallest absolute Gasteiger partial charge is 0.312 e. The summed E-state index contributed by atoms with van der Waals surface area (Å²) >= 11 is 0. The minimum Gasteiger partial charge on any atom is -0.383 e. The van der Waals surface area contributed by atoms with Gasteiger partial charge in [-0.2, -0.15) is 0 Å². The second-order valence-corrected chi connectivity index (χ2v) is 2.58. The number of nitrogens with two attached hydrogens (primary N) is 1. The largest absolute Gasteiger partial charge is 0.383 e. The number of amides is 2. The van der Waals surface area contributed by atoms with Gasteiger partial charge in [0.1, 0.15) is 0 Å². The molecule has 2 amide bonds. The number of hydrogen-bond donors (Lipinski definition) is 3. The molecule has 0 radical (unpaired) electrons. The lowest BCUT2D eigenvalue weighted by atomic mass is 10.3. The van der Waals surface area contributed by atoms with Crippen LogP contribution < -0.4 is 16.4 Å². The van der Waals surface area contributed by atoms with Crippen LogP contribution in [0.4, 0.5) is 10.5 Å². The minimum atomic E-state index is -0.491. The van der Waals surface area contributed by atoms with Crippen LogP contribution in [0.3, 0.4) is 0 Å². The number of anilines is 1. The molecule has 0 fully saturated rings. The molecule has 1 aromatic carbocycles. The lowest BCUT2D eigenvalue weighted by molar-refractivity contribution is 0.249. The Bertz CT molecular complexity index is 261. The molecule has 0 aliphatic carbocycles. The fraction of sp³-hybridized carbons (Fsp3) is 0.222. The Balaban J connectivity index is 2.17. The summed E-state index contributed by atoms with van der Waals surface area (Å²) in [5.74, 6) is 0. The SMILES string of the molecule is NC(=O)NCCNc1ccccc1. The minimum absolute atomic E-state index is 0.491. The number of hydrogen-bond acceptors (Lipinski definition) is 2. The lowest BCUT2D eigenvalue weighted by Gasteiger charge is -2.05. The van der Waals surface area contributed by atoms with Crippen molar-refractivity contribution in [1.82, 2.24) is 5.32 Å². The quantitative estimate of drug-likeness (QED) is 0.597. The van der Waals surface area contributed by atoms with Gasteiger partial charge in [-0.25, -0.2) is 4.79 Å². The van der Waals surface area contributed by atoms with E-state index in [0.717, 1.165) is 5.69 Å². The topological polar surface area (TPSA) is 67.2 Å². The van der Waals surface area contributed by atoms with Crippen LogP contribution >= 0.6 is 0 Å². The van der Waals surface area contributed by atoms with Gasteiger partial charge in [-0.3, -0.25) is 0 Å². The second kappa shape index (κ2) is 5.03. The van der Waals surface area contributed by atoms with Crippen LogP contribution in [-0.2, 0) is 0 Å². The molecule has 0 aromatic heterocycles. The second-order valence-electron chi connectivity index (χ2n) is 2.58. The summed E-state index contributed by atoms with van der Waals surface area (Å²) in [5.41, 5.74) is 5.93. The summed E-state index contributed by atoms with van der Waals surface area (Å²) in [6, 6.07) is 9.28. The molecule has 4 N–H and O–H groups in total. The molecular formula is C9H13N3O. The molecule has 0 spiro atoms. The van der Waals surface area contributed by atoms with E-state index in [1.807, 2.05) is 30.3 Å². The molecule has 0 unspecified atom stereocenters. The van der Waals surface area contributed by atoms with Gasteiger partial charge < -0.3 is 16.4 Å². The molecule has 1 aromatic rings. The Hall–Kier alpha value is -1.71. The van der Waals surface area contributed by atoms with Crippen molar-refractivity contribution in [2.24, 2.45) is 5.73 Å². The summed E-state index contributed by atoms with van der Waals surface area (Å²) in [5, 5.41) is 5.62. The normalized spacial score (nSPS) is 9.23. The standard InChI is InChI=1S/C9H13N3O/c10-9(13)12-7-6-11-8-4-2-1-3-5-8/h1-5,11H,6-7H2,(H3,10,12,13). The van der Waals surface area contributed by atoms with Gasteiger partial charge in [-0.05, 0) is 12.1 Å². The van der Waals surface area contributed by atoms with Crippen molar-refractivity contribution in [1.29, 1.82) is 0 Å². The maximum atomic E-state index is 10.3. The average molecular weight is 179 g/mol. The van der Waals surface area contributed by atoms with E-state index in [4.69, 9.17) is 5.73 Å². The number of para-hydroxylation sites is 1. The van der Waals surface area contributed by atoms with Crippen LogP contribution in [0.5, 0.6) is 0 Å². The summed E-state index contributed by atoms with van der Waals surface area (Å²) < 4.78 is 0. The van der Waals surface area contributed by atoms with Crippen molar-refractivity contribution in [3.05, 3.63) is 30.3 Å². The lowest BCUT2D eigenvalue weighted by Crippen LogP contribution is -2.33. The zero-order valence-electron chi connectivity index (χ0n) is 7.29. The fourth-order valence-electron chi connectivity index (χ4n) is 0.949. The third-order valence-corrected chi connectivity index (χ3v) is 1.53. The number of nitrogens with one attached hydrogen (secondary N) is 2. The maximum absolute atomic E-state index is 10.3. The number of carbonyl (C=O) groups is 1. The summed E-state index contributed by atoms with van der Waals surface area (Å²) in [6.45, 7) is 1.21. The summed E-state index contributed by atoms with van der Waals surface area (Å²) in [7, 11) is 0. The Labute approximate surface area is 77.1 Å². The molecule has 13 heavy (non-hydrogen) atoms. The zero-order valence-corrected chi connectivity index (χ0v) is 7.29. The molecule has 0 saturated heterocycles. The highest BCUT2D eigenvalue weighted by molar-refractivity contribution is 5.71. The molecule has 0 atom stereocenters. The van der Waals surface area contributed by atoms with Gasteiger partial charge in [0.05, 0.1) is 0 Å². The van der Waals surface area contributed by atoms with Crippen LogP contribution in [-0.4, -0.2) is 19.1 Å². The van der Waals surface area contributed by atoms with E-state index in [-0.39, 0.29) is 0 Å². The number of benzene rings is 1. The summed E-state index contributed by atoms with van der Waals surface area (Å²) in [6.07, 6.45) is 0. The zero-order chi connectivity index (χ0) is 9.52. The molecule has 4 nitrogen and oxygen atoms in total. The number of urea groups is 1. The molecule has 0 bridgehead atoms. The van der Waals surface area contributed by atoms with E-state index in [9.17, 15) is 4.79 Å². The Morgan fingerprint density at radius 1 is 1.23 bits per heavy atom. The van der Waals surface area contributed by atoms with Gasteiger partial charge in [0, 0.05) is 18.8 Å². The van der Waals surface area contributed by atoms with Crippen molar-refractivity contribution in [2.45, 2.75) is 0 Å². The molecule has 0 aliphatic heterocycles. The van der Waals surface area contributed by atoms with Gasteiger partial charge in [-0.15, -0.1) is 0 Å². The third kappa shape index (κ3) is 4.00. The Kier molecular flexibility index (Phi) is 3.63. The van der Waals surface area contributed by atoms with E-state index in [1.165, 1.54) is 0 Å². The molecule has 70 valence electrons. The van der Waals surface area contributed by atoms with Gasteiger partial charge >= 0.3 is 6.03 Å². The van der Waals surface area contributed by atoms with E-state index in [0.29, 0.717) is 13.1 Å². The number of carbonyl (C=O) groups excluding carboxylic acids is 1. The first-order chi connectivity index (χ1) is 6.29. The van der Waals surface area contributed by atoms with E-state index in [1.54, 1.807) is 0 Å². The van der Waals surface area contributed by atoms with Crippen molar-refractivity contribution in [2.75, 3.05) is 18.4 Å². The predicted octanol–water partition coefficient (Wildman–Crippen LogP) is 0.767. The van der Waals surface area contributed by atoms with Crippen molar-refractivity contribution in [3.63, 3.8) is 0 Å². The molecular weight excluding hydrogens is 166 g/mol. The highest BCUT2D eigenvalue weighted by Gasteiger charge is 1.90. The van der Waals surface area contributed by atoms with Crippen molar-refractivity contribution < 1.29 is 4.79 Å². The van der Waals surface area contributed by atoms with E-state index in [2.05, 4.69) is 10.6 Å². The fourth-order valence-corrected chi connectivity index (χ4v) is 0.949. The van der Waals surface area contributed by atoms with Crippen LogP contribution in [0.25, 0.3) is 0 Å². The van der Waals surface area contributed by atoms with Gasteiger partial charge in [0.15, 0.2) is 0 Å². The van der Waals surface area contributed by atoms with E-state index >= 15 is 0 Å². The highest BCUT2D eigenvalue weighted by Crippen LogP contribution is 2.03. The first kappa shape index (κ1) is 9.38. The van der Waals surface area contributed by atoms with E-state index < -0.39 is 6.03 Å². The molecule has 0 aliphatic rings. The predicted molar refractivity (Wildman–Crippen MR) is 52.5 cm³/mol. The Morgan fingerprint density at radius 2 is 1.92 bits per heavy atom. The first-order valence-corrected chi connectivity index (χ1v) is 4.11. The van der Waals surface area contributed by atoms with Crippen molar-refractivity contribution in [3.8, 4) is 0 Å². The van der Waals surface area contributed by atoms with Gasteiger partial charge in [0.2, 0.25) is 0 Å². The average Bonchev–Trinajstić information content (AvgIpc) is 2.14. The first-order valence-electron chi connectivity index (χ1n) is 4.11. The van der Waals surface area contributed by atoms with Crippen LogP contribution in [0.1, 0.15) is 0 Å². The third-order valence-electron chi connectivity index (χ3n) is 1.53. The highest BCUT2D eigenvalue weighted by atomic mass is 16.2. The van der Waals surface area contributed by atoms with Gasteiger partial charge in [-0.1, -0.05) is 18.2 Å². The van der Waals surface area contributed by atoms with Crippen LogP contribution in [0.2, 0.25) is 0 Å².